The predicted octanol–water partition coefficient (Wildman–Crippen LogP) is 3.56. The first-order chi connectivity index (χ1) is 14.3. The highest BCUT2D eigenvalue weighted by Crippen LogP contribution is 2.23. The van der Waals surface area contributed by atoms with Crippen LogP contribution in [0.25, 0.3) is 0 Å². The molecule has 7 nitrogen and oxygen atoms in total. The molecule has 0 fully saturated rings. The summed E-state index contributed by atoms with van der Waals surface area (Å²) in [6.45, 7) is 4.42. The van der Waals surface area contributed by atoms with Gasteiger partial charge in [0.05, 0.1) is 13.2 Å². The van der Waals surface area contributed by atoms with Crippen molar-refractivity contribution in [2.24, 2.45) is 0 Å². The highest BCUT2D eigenvalue weighted by Gasteiger charge is 2.28. The lowest BCUT2D eigenvalue weighted by molar-refractivity contribution is 0.142. The predicted molar refractivity (Wildman–Crippen MR) is 116 cm³/mol. The lowest BCUT2D eigenvalue weighted by atomic mass is 10.0. The van der Waals surface area contributed by atoms with Crippen molar-refractivity contribution in [3.8, 4) is 5.75 Å². The van der Waals surface area contributed by atoms with Gasteiger partial charge in [-0.3, -0.25) is 4.68 Å². The molecule has 1 atom stereocenters. The number of rotatable bonds is 9. The van der Waals surface area contributed by atoms with Gasteiger partial charge >= 0.3 is 0 Å². The summed E-state index contributed by atoms with van der Waals surface area (Å²) < 4.78 is 40.5. The van der Waals surface area contributed by atoms with E-state index in [1.54, 1.807) is 31.2 Å². The molecule has 0 bridgehead atoms. The molecule has 3 rings (SSSR count). The van der Waals surface area contributed by atoms with E-state index in [0.29, 0.717) is 0 Å². The first-order valence-corrected chi connectivity index (χ1v) is 11.4. The fourth-order valence-electron chi connectivity index (χ4n) is 3.18. The lowest BCUT2D eigenvalue weighted by Crippen LogP contribution is -2.33. The summed E-state index contributed by atoms with van der Waals surface area (Å²) in [4.78, 5) is 0. The van der Waals surface area contributed by atoms with Gasteiger partial charge in [0.1, 0.15) is 5.75 Å². The minimum Gasteiger partial charge on any atom is -0.497 e. The number of benzene rings is 1. The molecule has 0 aliphatic heterocycles. The second-order valence-electron chi connectivity index (χ2n) is 7.50. The van der Waals surface area contributed by atoms with E-state index in [0.717, 1.165) is 23.3 Å². The maximum atomic E-state index is 13.4. The largest absolute Gasteiger partial charge is 0.497 e. The third-order valence-electron chi connectivity index (χ3n) is 5.03. The molecule has 1 aliphatic carbocycles. The van der Waals surface area contributed by atoms with Crippen molar-refractivity contribution >= 4 is 10.0 Å². The van der Waals surface area contributed by atoms with Crippen LogP contribution in [-0.4, -0.2) is 49.4 Å². The second kappa shape index (κ2) is 9.59. The molecule has 0 amide bonds. The summed E-state index contributed by atoms with van der Waals surface area (Å²) in [5, 5.41) is 4.35. The highest BCUT2D eigenvalue weighted by atomic mass is 32.2. The summed E-state index contributed by atoms with van der Waals surface area (Å²) in [6.07, 6.45) is 8.37. The first-order valence-electron chi connectivity index (χ1n) is 9.91. The summed E-state index contributed by atoms with van der Waals surface area (Å²) in [5.41, 5.74) is 1.81. The smallest absolute Gasteiger partial charge is 0.262 e. The van der Waals surface area contributed by atoms with Crippen LogP contribution >= 0.6 is 0 Å². The van der Waals surface area contributed by atoms with Crippen LogP contribution in [0.15, 0.2) is 65.4 Å². The van der Waals surface area contributed by atoms with E-state index in [2.05, 4.69) is 5.10 Å². The molecule has 0 saturated carbocycles. The monoisotopic (exact) mass is 431 g/mol. The molecule has 1 aromatic heterocycles. The normalized spacial score (nSPS) is 16.9. The maximum absolute atomic E-state index is 13.4. The van der Waals surface area contributed by atoms with Gasteiger partial charge in [0, 0.05) is 32.4 Å². The first kappa shape index (κ1) is 22.3. The second-order valence-corrected chi connectivity index (χ2v) is 9.38. The molecule has 1 aromatic carbocycles. The van der Waals surface area contributed by atoms with Crippen molar-refractivity contribution in [2.45, 2.75) is 44.0 Å². The van der Waals surface area contributed by atoms with E-state index in [-0.39, 0.29) is 30.3 Å². The van der Waals surface area contributed by atoms with Crippen LogP contribution in [0.4, 0.5) is 0 Å². The number of aromatic nitrogens is 2. The van der Waals surface area contributed by atoms with Crippen molar-refractivity contribution < 1.29 is 17.9 Å². The fourth-order valence-corrected chi connectivity index (χ4v) is 4.51. The Bertz CT molecular complexity index is 1010. The van der Waals surface area contributed by atoms with Crippen molar-refractivity contribution in [1.29, 1.82) is 0 Å². The van der Waals surface area contributed by atoms with Gasteiger partial charge in [0.15, 0.2) is 5.03 Å². The molecule has 1 unspecified atom stereocenters. The zero-order valence-corrected chi connectivity index (χ0v) is 18.7. The van der Waals surface area contributed by atoms with Crippen molar-refractivity contribution in [3.63, 3.8) is 0 Å². The van der Waals surface area contributed by atoms with E-state index in [9.17, 15) is 8.42 Å². The molecule has 162 valence electrons. The molecule has 1 aliphatic rings. The van der Waals surface area contributed by atoms with E-state index in [4.69, 9.17) is 9.47 Å². The van der Waals surface area contributed by atoms with Gasteiger partial charge in [0.25, 0.3) is 10.0 Å². The van der Waals surface area contributed by atoms with Gasteiger partial charge < -0.3 is 9.47 Å². The summed E-state index contributed by atoms with van der Waals surface area (Å²) in [6, 6.07) is 9.05. The molecule has 0 spiro atoms. The van der Waals surface area contributed by atoms with Crippen LogP contribution in [0.5, 0.6) is 5.75 Å². The summed E-state index contributed by atoms with van der Waals surface area (Å²) >= 11 is 0. The average Bonchev–Trinajstić information content (AvgIpc) is 3.26. The number of hydrogen-bond acceptors (Lipinski definition) is 5. The Balaban J connectivity index is 1.89. The Labute approximate surface area is 178 Å². The minimum atomic E-state index is -3.78. The van der Waals surface area contributed by atoms with Gasteiger partial charge in [-0.15, -0.1) is 0 Å². The van der Waals surface area contributed by atoms with Crippen molar-refractivity contribution in [3.05, 3.63) is 65.9 Å². The Morgan fingerprint density at radius 2 is 1.90 bits per heavy atom. The fraction of sp³-hybridized carbons (Fsp3) is 0.409. The molecule has 1 heterocycles. The third kappa shape index (κ3) is 5.19. The van der Waals surface area contributed by atoms with Crippen molar-refractivity contribution in [1.82, 2.24) is 14.1 Å². The van der Waals surface area contributed by atoms with E-state index in [1.165, 1.54) is 4.31 Å². The van der Waals surface area contributed by atoms with Gasteiger partial charge in [-0.05, 0) is 49.6 Å². The zero-order valence-electron chi connectivity index (χ0n) is 17.9. The Kier molecular flexibility index (Phi) is 7.12. The molecule has 0 N–H and O–H groups in total. The molecule has 8 heteroatoms. The Morgan fingerprint density at radius 1 is 1.17 bits per heavy atom. The number of nitrogens with zero attached hydrogens (tertiary/aromatic N) is 3. The SMILES string of the molecule is COc1ccc(CN(CC2=CCC(OC)C=C2)S(=O)(=O)c2ccn(C(C)C)n2)cc1. The molecule has 0 radical (unpaired) electrons. The van der Waals surface area contributed by atoms with Gasteiger partial charge in [0.2, 0.25) is 0 Å². The van der Waals surface area contributed by atoms with Crippen LogP contribution in [0, 0.1) is 0 Å². The van der Waals surface area contributed by atoms with Crippen LogP contribution in [0.3, 0.4) is 0 Å². The number of ether oxygens (including phenoxy) is 2. The van der Waals surface area contributed by atoms with E-state index >= 15 is 0 Å². The summed E-state index contributed by atoms with van der Waals surface area (Å²) in [5.74, 6) is 0.729. The molecule has 2 aromatic rings. The lowest BCUT2D eigenvalue weighted by Gasteiger charge is -2.24. The van der Waals surface area contributed by atoms with Crippen molar-refractivity contribution in [2.75, 3.05) is 20.8 Å². The van der Waals surface area contributed by atoms with Gasteiger partial charge in [-0.2, -0.15) is 9.40 Å². The van der Waals surface area contributed by atoms with Gasteiger partial charge in [-0.1, -0.05) is 30.4 Å². The average molecular weight is 432 g/mol. The quantitative estimate of drug-likeness (QED) is 0.607. The number of sulfonamides is 1. The molecular weight excluding hydrogens is 402 g/mol. The van der Waals surface area contributed by atoms with E-state index in [1.807, 2.05) is 56.3 Å². The number of hydrogen-bond donors (Lipinski definition) is 0. The van der Waals surface area contributed by atoms with E-state index < -0.39 is 10.0 Å². The minimum absolute atomic E-state index is 0.0298. The third-order valence-corrected chi connectivity index (χ3v) is 6.72. The topological polar surface area (TPSA) is 73.7 Å². The van der Waals surface area contributed by atoms with Crippen LogP contribution in [0.2, 0.25) is 0 Å². The molecule has 0 saturated heterocycles. The Morgan fingerprint density at radius 3 is 2.43 bits per heavy atom. The highest BCUT2D eigenvalue weighted by molar-refractivity contribution is 7.89. The zero-order chi connectivity index (χ0) is 21.7. The van der Waals surface area contributed by atoms with Gasteiger partial charge in [-0.25, -0.2) is 8.42 Å². The molecular formula is C22H29N3O4S. The van der Waals surface area contributed by atoms with Crippen LogP contribution in [-0.2, 0) is 21.3 Å². The van der Waals surface area contributed by atoms with Crippen LogP contribution < -0.4 is 4.74 Å². The summed E-state index contributed by atoms with van der Waals surface area (Å²) in [7, 11) is -0.513. The standard InChI is InChI=1S/C22H29N3O4S/c1-17(2)25-14-13-22(23-25)30(26,27)24(15-18-5-9-20(28-3)10-6-18)16-19-7-11-21(29-4)12-8-19/h5-11,13-14,17,21H,12,15-16H2,1-4H3. The number of methoxy groups -OCH3 is 2. The maximum Gasteiger partial charge on any atom is 0.262 e. The van der Waals surface area contributed by atoms with Crippen LogP contribution in [0.1, 0.15) is 31.9 Å². The molecule has 30 heavy (non-hydrogen) atoms. The Hall–Kier alpha value is -2.42.